The number of hydrogen-bond acceptors (Lipinski definition) is 1. The Bertz CT molecular complexity index is 2170. The molecule has 0 unspecified atom stereocenters. The van der Waals surface area contributed by atoms with Gasteiger partial charge in [0.05, 0.1) is 22.4 Å². The van der Waals surface area contributed by atoms with Crippen molar-refractivity contribution in [1.29, 1.82) is 0 Å². The molecule has 7 rings (SSSR count). The molecule has 1 heterocycles. The van der Waals surface area contributed by atoms with Crippen LogP contribution in [0.3, 0.4) is 0 Å². The smallest absolute Gasteiger partial charge is 0.162 e. The van der Waals surface area contributed by atoms with E-state index in [0.717, 1.165) is 62.4 Å². The van der Waals surface area contributed by atoms with Crippen molar-refractivity contribution in [1.82, 2.24) is 4.57 Å². The van der Waals surface area contributed by atoms with Crippen LogP contribution in [0.25, 0.3) is 44.3 Å². The number of aromatic nitrogens is 1. The van der Waals surface area contributed by atoms with Gasteiger partial charge in [0.25, 0.3) is 0 Å². The van der Waals surface area contributed by atoms with Crippen molar-refractivity contribution in [2.75, 3.05) is 0 Å². The third kappa shape index (κ3) is 5.60. The second kappa shape index (κ2) is 13.1. The molecule has 0 amide bonds. The van der Waals surface area contributed by atoms with Crippen LogP contribution in [0.4, 0.5) is 0 Å². The predicted molar refractivity (Wildman–Crippen MR) is 196 cm³/mol. The van der Waals surface area contributed by atoms with Crippen molar-refractivity contribution in [2.24, 2.45) is 9.98 Å². The van der Waals surface area contributed by atoms with Gasteiger partial charge >= 0.3 is 0 Å². The molecule has 1 aromatic heterocycles. The SMILES string of the molecule is CC/C=C(/N=C(N=C(C)c1ccccc1)c1cccc(-c2ccccc2)c1-n1c2ccccc2c2ccccc21)c1ccccc1. The van der Waals surface area contributed by atoms with Crippen molar-refractivity contribution in [3.63, 3.8) is 0 Å². The first-order valence-electron chi connectivity index (χ1n) is 15.9. The van der Waals surface area contributed by atoms with Crippen LogP contribution < -0.4 is 0 Å². The number of nitrogens with zero attached hydrogens (tertiary/aromatic N) is 3. The second-order valence-electron chi connectivity index (χ2n) is 11.3. The zero-order valence-corrected chi connectivity index (χ0v) is 26.1. The molecular weight excluding hydrogens is 558 g/mol. The zero-order valence-electron chi connectivity index (χ0n) is 26.1. The van der Waals surface area contributed by atoms with E-state index >= 15 is 0 Å². The van der Waals surface area contributed by atoms with E-state index in [2.05, 4.69) is 170 Å². The fraction of sp³-hybridized carbons (Fsp3) is 0.0698. The quantitative estimate of drug-likeness (QED) is 0.130. The molecule has 0 aliphatic rings. The molecule has 7 aromatic rings. The number of para-hydroxylation sites is 3. The maximum absolute atomic E-state index is 5.41. The summed E-state index contributed by atoms with van der Waals surface area (Å²) in [6, 6.07) is 55.2. The van der Waals surface area contributed by atoms with Crippen LogP contribution in [0.2, 0.25) is 0 Å². The summed E-state index contributed by atoms with van der Waals surface area (Å²) in [5.74, 6) is 0.666. The first-order chi connectivity index (χ1) is 22.7. The maximum Gasteiger partial charge on any atom is 0.162 e. The van der Waals surface area contributed by atoms with E-state index in [0.29, 0.717) is 5.84 Å². The Labute approximate surface area is 270 Å². The number of rotatable bonds is 7. The normalized spacial score (nSPS) is 12.6. The Morgan fingerprint density at radius 1 is 0.565 bits per heavy atom. The van der Waals surface area contributed by atoms with E-state index in [4.69, 9.17) is 9.98 Å². The molecule has 0 aliphatic heterocycles. The highest BCUT2D eigenvalue weighted by atomic mass is 15.0. The van der Waals surface area contributed by atoms with E-state index in [9.17, 15) is 0 Å². The van der Waals surface area contributed by atoms with Gasteiger partial charge in [-0.05, 0) is 48.2 Å². The van der Waals surface area contributed by atoms with Crippen LogP contribution in [-0.2, 0) is 0 Å². The molecule has 46 heavy (non-hydrogen) atoms. The number of aliphatic imine (C=N–C) groups is 2. The largest absolute Gasteiger partial charge is 0.308 e. The molecule has 0 saturated heterocycles. The average Bonchev–Trinajstić information content (AvgIpc) is 3.46. The molecule has 0 N–H and O–H groups in total. The molecule has 0 saturated carbocycles. The number of hydrogen-bond donors (Lipinski definition) is 0. The molecule has 3 nitrogen and oxygen atoms in total. The fourth-order valence-electron chi connectivity index (χ4n) is 6.17. The Balaban J connectivity index is 1.60. The van der Waals surface area contributed by atoms with E-state index in [1.165, 1.54) is 10.8 Å². The van der Waals surface area contributed by atoms with Gasteiger partial charge in [-0.25, -0.2) is 9.98 Å². The standard InChI is InChI=1S/C43H35N3/c1-3-18-39(34-23-11-6-12-24-34)45-43(44-31(2)32-19-7-4-8-20-32)38-28-17-27-35(33-21-9-5-10-22-33)42(38)46-40-29-15-13-25-36(40)37-26-14-16-30-41(37)46/h4-30H,3H2,1-2H3/b39-18+,44-31?,45-43?. The van der Waals surface area contributed by atoms with Gasteiger partial charge in [0.1, 0.15) is 0 Å². The van der Waals surface area contributed by atoms with Crippen LogP contribution in [0, 0.1) is 0 Å². The molecule has 3 heteroatoms. The maximum atomic E-state index is 5.41. The van der Waals surface area contributed by atoms with Crippen LogP contribution >= 0.6 is 0 Å². The van der Waals surface area contributed by atoms with Gasteiger partial charge in [0.2, 0.25) is 0 Å². The topological polar surface area (TPSA) is 29.6 Å². The van der Waals surface area contributed by atoms with E-state index in [1.807, 2.05) is 12.1 Å². The summed E-state index contributed by atoms with van der Waals surface area (Å²) in [5.41, 5.74) is 10.5. The van der Waals surface area contributed by atoms with Crippen molar-refractivity contribution < 1.29 is 0 Å². The third-order valence-corrected chi connectivity index (χ3v) is 8.32. The summed E-state index contributed by atoms with van der Waals surface area (Å²) in [6.45, 7) is 4.22. The second-order valence-corrected chi connectivity index (χ2v) is 11.3. The van der Waals surface area contributed by atoms with Crippen molar-refractivity contribution in [2.45, 2.75) is 20.3 Å². The Morgan fingerprint density at radius 2 is 1.11 bits per heavy atom. The summed E-state index contributed by atoms with van der Waals surface area (Å²) in [6.07, 6.45) is 3.04. The van der Waals surface area contributed by atoms with Gasteiger partial charge in [-0.2, -0.15) is 0 Å². The van der Waals surface area contributed by atoms with Gasteiger partial charge in [-0.15, -0.1) is 0 Å². The van der Waals surface area contributed by atoms with Gasteiger partial charge in [-0.3, -0.25) is 0 Å². The molecule has 0 atom stereocenters. The first kappa shape index (κ1) is 28.9. The molecular formula is C43H35N3. The number of fused-ring (bicyclic) bond motifs is 3. The van der Waals surface area contributed by atoms with Crippen LogP contribution in [0.1, 0.15) is 37.0 Å². The Kier molecular flexibility index (Phi) is 8.21. The van der Waals surface area contributed by atoms with E-state index < -0.39 is 0 Å². The summed E-state index contributed by atoms with van der Waals surface area (Å²) < 4.78 is 2.40. The third-order valence-electron chi connectivity index (χ3n) is 8.32. The highest BCUT2D eigenvalue weighted by Crippen LogP contribution is 2.38. The predicted octanol–water partition coefficient (Wildman–Crippen LogP) is 11.2. The molecule has 0 aliphatic carbocycles. The van der Waals surface area contributed by atoms with Gasteiger partial charge in [-0.1, -0.05) is 153 Å². The van der Waals surface area contributed by atoms with Crippen LogP contribution in [0.5, 0.6) is 0 Å². The highest BCUT2D eigenvalue weighted by molar-refractivity contribution is 6.16. The molecule has 6 aromatic carbocycles. The minimum absolute atomic E-state index is 0.666. The first-order valence-corrected chi connectivity index (χ1v) is 15.9. The molecule has 0 radical (unpaired) electrons. The van der Waals surface area contributed by atoms with E-state index in [1.54, 1.807) is 0 Å². The summed E-state index contributed by atoms with van der Waals surface area (Å²) in [4.78, 5) is 10.8. The Hall–Kier alpha value is -5.80. The fourth-order valence-corrected chi connectivity index (χ4v) is 6.17. The lowest BCUT2D eigenvalue weighted by molar-refractivity contribution is 1.17. The van der Waals surface area contributed by atoms with Gasteiger partial charge < -0.3 is 4.57 Å². The van der Waals surface area contributed by atoms with Gasteiger partial charge in [0, 0.05) is 27.6 Å². The lowest BCUT2D eigenvalue weighted by Gasteiger charge is -2.19. The monoisotopic (exact) mass is 593 g/mol. The minimum Gasteiger partial charge on any atom is -0.308 e. The average molecular weight is 594 g/mol. The van der Waals surface area contributed by atoms with Crippen molar-refractivity contribution in [3.8, 4) is 16.8 Å². The number of allylic oxidation sites excluding steroid dienone is 1. The molecule has 0 fully saturated rings. The van der Waals surface area contributed by atoms with Crippen LogP contribution in [0.15, 0.2) is 174 Å². The molecule has 0 bridgehead atoms. The number of benzene rings is 6. The van der Waals surface area contributed by atoms with Crippen molar-refractivity contribution in [3.05, 3.63) is 180 Å². The zero-order chi connectivity index (χ0) is 31.3. The summed E-state index contributed by atoms with van der Waals surface area (Å²) >= 11 is 0. The lowest BCUT2D eigenvalue weighted by atomic mass is 9.98. The molecule has 0 spiro atoms. The van der Waals surface area contributed by atoms with Gasteiger partial charge in [0.15, 0.2) is 5.84 Å². The lowest BCUT2D eigenvalue weighted by Crippen LogP contribution is -2.10. The summed E-state index contributed by atoms with van der Waals surface area (Å²) in [7, 11) is 0. The minimum atomic E-state index is 0.666. The van der Waals surface area contributed by atoms with Crippen molar-refractivity contribution >= 4 is 39.1 Å². The summed E-state index contributed by atoms with van der Waals surface area (Å²) in [5, 5.41) is 2.43. The molecule has 222 valence electrons. The van der Waals surface area contributed by atoms with Crippen LogP contribution in [-0.4, -0.2) is 16.1 Å². The number of amidine groups is 1. The Morgan fingerprint density at radius 3 is 1.72 bits per heavy atom. The van der Waals surface area contributed by atoms with E-state index in [-0.39, 0.29) is 0 Å². The highest BCUT2D eigenvalue weighted by Gasteiger charge is 2.21.